The van der Waals surface area contributed by atoms with Crippen LogP contribution in [0.2, 0.25) is 0 Å². The van der Waals surface area contributed by atoms with Gasteiger partial charge < -0.3 is 9.64 Å². The van der Waals surface area contributed by atoms with Crippen molar-refractivity contribution in [2.75, 3.05) is 27.7 Å². The van der Waals surface area contributed by atoms with Crippen LogP contribution in [-0.4, -0.2) is 32.6 Å². The van der Waals surface area contributed by atoms with E-state index in [0.717, 1.165) is 25.1 Å². The second kappa shape index (κ2) is 7.84. The molecular formula is C19H25NO. The second-order valence-corrected chi connectivity index (χ2v) is 5.72. The van der Waals surface area contributed by atoms with Crippen LogP contribution in [0.15, 0.2) is 54.6 Å². The zero-order chi connectivity index (χ0) is 15.1. The lowest BCUT2D eigenvalue weighted by Gasteiger charge is -2.21. The molecule has 0 saturated heterocycles. The van der Waals surface area contributed by atoms with Crippen molar-refractivity contribution in [2.45, 2.75) is 18.8 Å². The number of rotatable bonds is 7. The van der Waals surface area contributed by atoms with E-state index in [2.05, 4.69) is 61.5 Å². The van der Waals surface area contributed by atoms with E-state index >= 15 is 0 Å². The van der Waals surface area contributed by atoms with Gasteiger partial charge in [0, 0.05) is 0 Å². The molecule has 0 heterocycles. The summed E-state index contributed by atoms with van der Waals surface area (Å²) in [6.45, 7) is 1.09. The molecule has 0 aliphatic rings. The summed E-state index contributed by atoms with van der Waals surface area (Å²) < 4.78 is 5.50. The van der Waals surface area contributed by atoms with Crippen molar-refractivity contribution in [2.24, 2.45) is 0 Å². The second-order valence-electron chi connectivity index (χ2n) is 5.72. The average Bonchev–Trinajstić information content (AvgIpc) is 2.52. The fourth-order valence-corrected chi connectivity index (χ4v) is 2.66. The predicted molar refractivity (Wildman–Crippen MR) is 89.1 cm³/mol. The van der Waals surface area contributed by atoms with E-state index in [4.69, 9.17) is 4.74 Å². The Labute approximate surface area is 128 Å². The maximum absolute atomic E-state index is 5.50. The van der Waals surface area contributed by atoms with E-state index in [0.29, 0.717) is 5.92 Å². The highest BCUT2D eigenvalue weighted by Gasteiger charge is 2.14. The highest BCUT2D eigenvalue weighted by molar-refractivity contribution is 5.35. The molecule has 0 saturated carbocycles. The minimum Gasteiger partial charge on any atom is -0.496 e. The number of benzene rings is 2. The summed E-state index contributed by atoms with van der Waals surface area (Å²) in [5.41, 5.74) is 2.69. The molecule has 112 valence electrons. The highest BCUT2D eigenvalue weighted by Crippen LogP contribution is 2.28. The SMILES string of the molecule is COc1ccccc1CC(CCN(C)C)c1ccccc1. The molecule has 1 atom stereocenters. The Kier molecular flexibility index (Phi) is 5.82. The molecule has 0 fully saturated rings. The molecule has 21 heavy (non-hydrogen) atoms. The molecule has 2 aromatic carbocycles. The first kappa shape index (κ1) is 15.6. The van der Waals surface area contributed by atoms with Crippen molar-refractivity contribution in [1.29, 1.82) is 0 Å². The van der Waals surface area contributed by atoms with Gasteiger partial charge in [-0.15, -0.1) is 0 Å². The minimum absolute atomic E-state index is 0.518. The Hall–Kier alpha value is -1.80. The molecule has 2 heteroatoms. The summed E-state index contributed by atoms with van der Waals surface area (Å²) in [4.78, 5) is 2.25. The van der Waals surface area contributed by atoms with Gasteiger partial charge in [0.15, 0.2) is 0 Å². The average molecular weight is 283 g/mol. The van der Waals surface area contributed by atoms with E-state index in [-0.39, 0.29) is 0 Å². The number of ether oxygens (including phenoxy) is 1. The number of methoxy groups -OCH3 is 1. The third-order valence-corrected chi connectivity index (χ3v) is 3.85. The highest BCUT2D eigenvalue weighted by atomic mass is 16.5. The van der Waals surface area contributed by atoms with Crippen molar-refractivity contribution in [3.8, 4) is 5.75 Å². The van der Waals surface area contributed by atoms with Crippen molar-refractivity contribution in [1.82, 2.24) is 4.90 Å². The number of nitrogens with zero attached hydrogens (tertiary/aromatic N) is 1. The minimum atomic E-state index is 0.518. The Morgan fingerprint density at radius 2 is 1.62 bits per heavy atom. The zero-order valence-electron chi connectivity index (χ0n) is 13.3. The zero-order valence-corrected chi connectivity index (χ0v) is 13.3. The molecule has 2 aromatic rings. The van der Waals surface area contributed by atoms with Crippen LogP contribution in [-0.2, 0) is 6.42 Å². The van der Waals surface area contributed by atoms with Gasteiger partial charge >= 0.3 is 0 Å². The molecule has 0 aliphatic carbocycles. The first-order valence-corrected chi connectivity index (χ1v) is 7.52. The fraction of sp³-hybridized carbons (Fsp3) is 0.368. The molecule has 2 rings (SSSR count). The van der Waals surface area contributed by atoms with Gasteiger partial charge in [-0.1, -0.05) is 48.5 Å². The largest absolute Gasteiger partial charge is 0.496 e. The first-order valence-electron chi connectivity index (χ1n) is 7.52. The van der Waals surface area contributed by atoms with Crippen LogP contribution in [0.25, 0.3) is 0 Å². The summed E-state index contributed by atoms with van der Waals surface area (Å²) in [7, 11) is 6.01. The molecular weight excluding hydrogens is 258 g/mol. The van der Waals surface area contributed by atoms with Crippen LogP contribution in [0.4, 0.5) is 0 Å². The van der Waals surface area contributed by atoms with Crippen molar-refractivity contribution >= 4 is 0 Å². The van der Waals surface area contributed by atoms with Gasteiger partial charge in [0.1, 0.15) is 5.75 Å². The molecule has 0 spiro atoms. The maximum atomic E-state index is 5.50. The smallest absolute Gasteiger partial charge is 0.122 e. The van der Waals surface area contributed by atoms with Gasteiger partial charge in [-0.2, -0.15) is 0 Å². The molecule has 0 N–H and O–H groups in total. The van der Waals surface area contributed by atoms with E-state index in [1.807, 2.05) is 12.1 Å². The van der Waals surface area contributed by atoms with Crippen LogP contribution in [0.3, 0.4) is 0 Å². The van der Waals surface area contributed by atoms with Crippen molar-refractivity contribution in [3.05, 3.63) is 65.7 Å². The van der Waals surface area contributed by atoms with E-state index in [1.54, 1.807) is 7.11 Å². The van der Waals surface area contributed by atoms with Crippen LogP contribution >= 0.6 is 0 Å². The lowest BCUT2D eigenvalue weighted by molar-refractivity contribution is 0.375. The first-order chi connectivity index (χ1) is 10.2. The molecule has 0 amide bonds. The van der Waals surface area contributed by atoms with Gasteiger partial charge in [-0.25, -0.2) is 0 Å². The van der Waals surface area contributed by atoms with Crippen LogP contribution in [0.5, 0.6) is 5.75 Å². The Bertz CT molecular complexity index is 536. The number of hydrogen-bond donors (Lipinski definition) is 0. The lowest BCUT2D eigenvalue weighted by atomic mass is 9.89. The predicted octanol–water partition coefficient (Wildman–Crippen LogP) is 3.97. The molecule has 1 unspecified atom stereocenters. The standard InChI is InChI=1S/C19H25NO/c1-20(2)14-13-17(16-9-5-4-6-10-16)15-18-11-7-8-12-19(18)21-3/h4-12,17H,13-15H2,1-3H3. The molecule has 0 aromatic heterocycles. The third kappa shape index (κ3) is 4.61. The normalized spacial score (nSPS) is 12.4. The van der Waals surface area contributed by atoms with Crippen molar-refractivity contribution < 1.29 is 4.74 Å². The Morgan fingerprint density at radius 1 is 0.952 bits per heavy atom. The van der Waals surface area contributed by atoms with Gasteiger partial charge in [0.05, 0.1) is 7.11 Å². The van der Waals surface area contributed by atoms with Gasteiger partial charge in [0.25, 0.3) is 0 Å². The van der Waals surface area contributed by atoms with Crippen LogP contribution in [0.1, 0.15) is 23.5 Å². The summed E-state index contributed by atoms with van der Waals surface area (Å²) in [5, 5.41) is 0. The van der Waals surface area contributed by atoms with E-state index < -0.39 is 0 Å². The lowest BCUT2D eigenvalue weighted by Crippen LogP contribution is -2.17. The van der Waals surface area contributed by atoms with E-state index in [9.17, 15) is 0 Å². The topological polar surface area (TPSA) is 12.5 Å². The maximum Gasteiger partial charge on any atom is 0.122 e. The summed E-state index contributed by atoms with van der Waals surface area (Å²) >= 11 is 0. The molecule has 0 radical (unpaired) electrons. The third-order valence-electron chi connectivity index (χ3n) is 3.85. The summed E-state index contributed by atoms with van der Waals surface area (Å²) in [6, 6.07) is 19.1. The monoisotopic (exact) mass is 283 g/mol. The van der Waals surface area contributed by atoms with Crippen molar-refractivity contribution in [3.63, 3.8) is 0 Å². The van der Waals surface area contributed by atoms with Gasteiger partial charge in [-0.05, 0) is 56.6 Å². The van der Waals surface area contributed by atoms with E-state index in [1.165, 1.54) is 11.1 Å². The summed E-state index contributed by atoms with van der Waals surface area (Å²) in [6.07, 6.45) is 2.16. The summed E-state index contributed by atoms with van der Waals surface area (Å²) in [5.74, 6) is 1.51. The van der Waals surface area contributed by atoms with Crippen LogP contribution < -0.4 is 4.74 Å². The Balaban J connectivity index is 2.19. The molecule has 0 aliphatic heterocycles. The number of hydrogen-bond acceptors (Lipinski definition) is 2. The van der Waals surface area contributed by atoms with Crippen LogP contribution in [0, 0.1) is 0 Å². The van der Waals surface area contributed by atoms with Gasteiger partial charge in [0.2, 0.25) is 0 Å². The number of para-hydroxylation sites is 1. The van der Waals surface area contributed by atoms with Gasteiger partial charge in [-0.3, -0.25) is 0 Å². The quantitative estimate of drug-likeness (QED) is 0.762. The molecule has 0 bridgehead atoms. The fourth-order valence-electron chi connectivity index (χ4n) is 2.66. The Morgan fingerprint density at radius 3 is 2.29 bits per heavy atom. The molecule has 2 nitrogen and oxygen atoms in total.